The average Bonchev–Trinajstić information content (AvgIpc) is 3.15. The van der Waals surface area contributed by atoms with Gasteiger partial charge in [-0.15, -0.1) is 0 Å². The van der Waals surface area contributed by atoms with Crippen LogP contribution in [0.1, 0.15) is 31.7 Å². The van der Waals surface area contributed by atoms with E-state index in [0.717, 1.165) is 30.0 Å². The second-order valence-corrected chi connectivity index (χ2v) is 9.58. The van der Waals surface area contributed by atoms with Crippen LogP contribution in [0.3, 0.4) is 0 Å². The zero-order valence-electron chi connectivity index (χ0n) is 15.7. The standard InChI is InChI=1S/C20H25ClN2O3S/c1-20(2)16(10-11-23-17-12-14(21)6-9-18(17)26-3)19(20)13-4-7-15(8-5-13)27(22,24)25/h4-9,12,16,19,23H,10-11H2,1-3H3,(H2,22,24,25). The first-order valence-electron chi connectivity index (χ1n) is 8.85. The van der Waals surface area contributed by atoms with E-state index in [9.17, 15) is 8.42 Å². The summed E-state index contributed by atoms with van der Waals surface area (Å²) in [4.78, 5) is 0.149. The molecule has 5 nitrogen and oxygen atoms in total. The Kier molecular flexibility index (Phi) is 5.43. The van der Waals surface area contributed by atoms with Gasteiger partial charge in [0.2, 0.25) is 10.0 Å². The van der Waals surface area contributed by atoms with E-state index in [-0.39, 0.29) is 10.3 Å². The lowest BCUT2D eigenvalue weighted by Gasteiger charge is -2.11. The maximum atomic E-state index is 11.4. The van der Waals surface area contributed by atoms with E-state index < -0.39 is 10.0 Å². The number of halogens is 1. The summed E-state index contributed by atoms with van der Waals surface area (Å²) in [6.07, 6.45) is 0.990. The van der Waals surface area contributed by atoms with E-state index in [0.29, 0.717) is 16.9 Å². The number of benzene rings is 2. The van der Waals surface area contributed by atoms with Crippen molar-refractivity contribution in [2.24, 2.45) is 16.5 Å². The fourth-order valence-electron chi connectivity index (χ4n) is 3.99. The van der Waals surface area contributed by atoms with Crippen LogP contribution in [0, 0.1) is 11.3 Å². The second-order valence-electron chi connectivity index (χ2n) is 7.58. The monoisotopic (exact) mass is 408 g/mol. The van der Waals surface area contributed by atoms with Crippen molar-refractivity contribution in [2.45, 2.75) is 31.1 Å². The van der Waals surface area contributed by atoms with E-state index in [4.69, 9.17) is 21.5 Å². The van der Waals surface area contributed by atoms with Gasteiger partial charge in [-0.2, -0.15) is 0 Å². The molecule has 1 aliphatic rings. The Bertz CT molecular complexity index is 927. The number of sulfonamides is 1. The van der Waals surface area contributed by atoms with Gasteiger partial charge in [0, 0.05) is 11.6 Å². The van der Waals surface area contributed by atoms with E-state index in [1.165, 1.54) is 0 Å². The molecule has 2 aromatic carbocycles. The number of primary sulfonamides is 1. The molecule has 0 aliphatic heterocycles. The Morgan fingerprint density at radius 1 is 1.19 bits per heavy atom. The van der Waals surface area contributed by atoms with E-state index in [2.05, 4.69) is 19.2 Å². The molecule has 2 unspecified atom stereocenters. The highest BCUT2D eigenvalue weighted by molar-refractivity contribution is 7.89. The fraction of sp³-hybridized carbons (Fsp3) is 0.400. The highest BCUT2D eigenvalue weighted by Gasteiger charge is 2.57. The van der Waals surface area contributed by atoms with Crippen LogP contribution in [0.5, 0.6) is 5.75 Å². The summed E-state index contributed by atoms with van der Waals surface area (Å²) < 4.78 is 28.2. The normalized spacial score (nSPS) is 20.9. The second kappa shape index (κ2) is 7.34. The summed E-state index contributed by atoms with van der Waals surface area (Å²) in [6, 6.07) is 12.4. The molecule has 1 fully saturated rings. The van der Waals surface area contributed by atoms with Crippen LogP contribution in [0.2, 0.25) is 5.02 Å². The first-order chi connectivity index (χ1) is 12.6. The summed E-state index contributed by atoms with van der Waals surface area (Å²) in [7, 11) is -2.02. The molecule has 1 aliphatic carbocycles. The lowest BCUT2D eigenvalue weighted by molar-refractivity contribution is 0.416. The third kappa shape index (κ3) is 4.23. The predicted octanol–water partition coefficient (Wildman–Crippen LogP) is 4.24. The number of ether oxygens (including phenoxy) is 1. The van der Waals surface area contributed by atoms with Crippen molar-refractivity contribution < 1.29 is 13.2 Å². The van der Waals surface area contributed by atoms with Crippen LogP contribution >= 0.6 is 11.6 Å². The lowest BCUT2D eigenvalue weighted by atomic mass is 10.0. The molecule has 0 bridgehead atoms. The smallest absolute Gasteiger partial charge is 0.238 e. The van der Waals surface area contributed by atoms with Crippen LogP contribution in [0.4, 0.5) is 5.69 Å². The fourth-order valence-corrected chi connectivity index (χ4v) is 4.68. The van der Waals surface area contributed by atoms with Gasteiger partial charge in [0.15, 0.2) is 0 Å². The topological polar surface area (TPSA) is 81.4 Å². The zero-order chi connectivity index (χ0) is 19.8. The van der Waals surface area contributed by atoms with Gasteiger partial charge in [-0.1, -0.05) is 37.6 Å². The van der Waals surface area contributed by atoms with Crippen LogP contribution in [0.15, 0.2) is 47.4 Å². The number of methoxy groups -OCH3 is 1. The molecule has 3 rings (SSSR count). The minimum Gasteiger partial charge on any atom is -0.495 e. The van der Waals surface area contributed by atoms with E-state index >= 15 is 0 Å². The van der Waals surface area contributed by atoms with Gasteiger partial charge in [-0.3, -0.25) is 0 Å². The van der Waals surface area contributed by atoms with E-state index in [1.54, 1.807) is 25.3 Å². The Morgan fingerprint density at radius 2 is 1.85 bits per heavy atom. The summed E-state index contributed by atoms with van der Waals surface area (Å²) in [6.45, 7) is 5.29. The maximum absolute atomic E-state index is 11.4. The van der Waals surface area contributed by atoms with Gasteiger partial charge in [0.1, 0.15) is 5.75 Å². The number of hydrogen-bond acceptors (Lipinski definition) is 4. The number of anilines is 1. The van der Waals surface area contributed by atoms with Gasteiger partial charge in [-0.25, -0.2) is 13.6 Å². The highest BCUT2D eigenvalue weighted by atomic mass is 35.5. The molecule has 2 atom stereocenters. The van der Waals surface area contributed by atoms with Crippen molar-refractivity contribution >= 4 is 27.3 Å². The minimum atomic E-state index is -3.65. The molecule has 0 radical (unpaired) electrons. The Labute approximate surface area is 165 Å². The largest absolute Gasteiger partial charge is 0.495 e. The Morgan fingerprint density at radius 3 is 2.44 bits per heavy atom. The third-order valence-corrected chi connectivity index (χ3v) is 6.71. The van der Waals surface area contributed by atoms with Gasteiger partial charge in [0.25, 0.3) is 0 Å². The van der Waals surface area contributed by atoms with E-state index in [1.807, 2.05) is 24.3 Å². The number of nitrogens with one attached hydrogen (secondary N) is 1. The quantitative estimate of drug-likeness (QED) is 0.717. The van der Waals surface area contributed by atoms with Crippen molar-refractivity contribution in [1.29, 1.82) is 0 Å². The first kappa shape index (κ1) is 20.0. The van der Waals surface area contributed by atoms with Crippen molar-refractivity contribution in [3.63, 3.8) is 0 Å². The average molecular weight is 409 g/mol. The number of hydrogen-bond donors (Lipinski definition) is 2. The van der Waals surface area contributed by atoms with Crippen LogP contribution in [-0.2, 0) is 10.0 Å². The third-order valence-electron chi connectivity index (χ3n) is 5.55. The molecular formula is C20H25ClN2O3S. The van der Waals surface area contributed by atoms with Gasteiger partial charge in [-0.05, 0) is 59.6 Å². The van der Waals surface area contributed by atoms with Crippen molar-refractivity contribution in [2.75, 3.05) is 19.0 Å². The lowest BCUT2D eigenvalue weighted by Crippen LogP contribution is -2.11. The summed E-state index contributed by atoms with van der Waals surface area (Å²) >= 11 is 6.07. The van der Waals surface area contributed by atoms with Crippen molar-refractivity contribution in [3.05, 3.63) is 53.1 Å². The SMILES string of the molecule is COc1ccc(Cl)cc1NCCC1C(c2ccc(S(N)(=O)=O)cc2)C1(C)C. The summed E-state index contributed by atoms with van der Waals surface area (Å²) in [5.74, 6) is 1.68. The number of rotatable bonds is 7. The van der Waals surface area contributed by atoms with Crippen molar-refractivity contribution in [3.8, 4) is 5.75 Å². The molecule has 1 saturated carbocycles. The molecule has 0 saturated heterocycles. The molecule has 3 N–H and O–H groups in total. The van der Waals surface area contributed by atoms with Crippen LogP contribution < -0.4 is 15.2 Å². The molecule has 2 aromatic rings. The Hall–Kier alpha value is -1.76. The predicted molar refractivity (Wildman–Crippen MR) is 109 cm³/mol. The first-order valence-corrected chi connectivity index (χ1v) is 10.8. The zero-order valence-corrected chi connectivity index (χ0v) is 17.3. The Balaban J connectivity index is 1.64. The highest BCUT2D eigenvalue weighted by Crippen LogP contribution is 2.65. The minimum absolute atomic E-state index is 0.149. The molecule has 0 aromatic heterocycles. The molecule has 27 heavy (non-hydrogen) atoms. The number of nitrogens with two attached hydrogens (primary N) is 1. The van der Waals surface area contributed by atoms with Crippen LogP contribution in [-0.4, -0.2) is 22.1 Å². The van der Waals surface area contributed by atoms with Crippen LogP contribution in [0.25, 0.3) is 0 Å². The molecule has 7 heteroatoms. The van der Waals surface area contributed by atoms with Gasteiger partial charge in [0.05, 0.1) is 17.7 Å². The van der Waals surface area contributed by atoms with Gasteiger partial charge >= 0.3 is 0 Å². The molecule has 0 spiro atoms. The molecule has 0 heterocycles. The molecular weight excluding hydrogens is 384 g/mol. The molecule has 0 amide bonds. The summed E-state index contributed by atoms with van der Waals surface area (Å²) in [5.41, 5.74) is 2.21. The summed E-state index contributed by atoms with van der Waals surface area (Å²) in [5, 5.41) is 9.25. The van der Waals surface area contributed by atoms with Gasteiger partial charge < -0.3 is 10.1 Å². The molecule has 146 valence electrons. The van der Waals surface area contributed by atoms with Crippen molar-refractivity contribution in [1.82, 2.24) is 0 Å². The maximum Gasteiger partial charge on any atom is 0.238 e.